The van der Waals surface area contributed by atoms with Crippen molar-refractivity contribution in [3.05, 3.63) is 70.5 Å². The van der Waals surface area contributed by atoms with Crippen molar-refractivity contribution < 1.29 is 4.39 Å². The second-order valence-corrected chi connectivity index (χ2v) is 9.09. The molecule has 0 unspecified atom stereocenters. The molecule has 160 valence electrons. The van der Waals surface area contributed by atoms with Gasteiger partial charge in [-0.1, -0.05) is 69.7 Å². The first-order chi connectivity index (χ1) is 14.7. The SMILES string of the molecule is CCCCCCCC1CCC(c2ccc(CCc3ccc(C#N)cc3)cc2F)CC1. The Balaban J connectivity index is 1.45. The van der Waals surface area contributed by atoms with Crippen LogP contribution in [0.15, 0.2) is 42.5 Å². The van der Waals surface area contributed by atoms with E-state index in [4.69, 9.17) is 5.26 Å². The van der Waals surface area contributed by atoms with Crippen molar-refractivity contribution in [3.63, 3.8) is 0 Å². The molecule has 0 saturated heterocycles. The first-order valence-corrected chi connectivity index (χ1v) is 12.0. The van der Waals surface area contributed by atoms with E-state index in [0.29, 0.717) is 11.5 Å². The summed E-state index contributed by atoms with van der Waals surface area (Å²) in [6, 6.07) is 15.7. The van der Waals surface area contributed by atoms with Gasteiger partial charge in [-0.2, -0.15) is 5.26 Å². The van der Waals surface area contributed by atoms with Crippen LogP contribution in [0.3, 0.4) is 0 Å². The van der Waals surface area contributed by atoms with Crippen molar-refractivity contribution in [1.82, 2.24) is 0 Å². The molecule has 30 heavy (non-hydrogen) atoms. The van der Waals surface area contributed by atoms with E-state index in [-0.39, 0.29) is 5.82 Å². The van der Waals surface area contributed by atoms with Gasteiger partial charge < -0.3 is 0 Å². The Morgan fingerprint density at radius 3 is 2.20 bits per heavy atom. The fraction of sp³-hybridized carbons (Fsp3) is 0.536. The van der Waals surface area contributed by atoms with E-state index in [1.54, 1.807) is 6.07 Å². The summed E-state index contributed by atoms with van der Waals surface area (Å²) in [5.74, 6) is 1.24. The van der Waals surface area contributed by atoms with Crippen molar-refractivity contribution in [2.75, 3.05) is 0 Å². The molecule has 0 N–H and O–H groups in total. The summed E-state index contributed by atoms with van der Waals surface area (Å²) in [6.07, 6.45) is 14.7. The summed E-state index contributed by atoms with van der Waals surface area (Å²) >= 11 is 0. The van der Waals surface area contributed by atoms with Crippen LogP contribution in [0.4, 0.5) is 4.39 Å². The molecule has 2 heteroatoms. The minimum atomic E-state index is -0.0182. The topological polar surface area (TPSA) is 23.8 Å². The third-order valence-electron chi connectivity index (χ3n) is 6.85. The van der Waals surface area contributed by atoms with Gasteiger partial charge in [0.2, 0.25) is 0 Å². The predicted molar refractivity (Wildman–Crippen MR) is 123 cm³/mol. The molecule has 1 nitrogen and oxygen atoms in total. The second-order valence-electron chi connectivity index (χ2n) is 9.09. The molecule has 0 heterocycles. The summed E-state index contributed by atoms with van der Waals surface area (Å²) in [4.78, 5) is 0. The van der Waals surface area contributed by atoms with E-state index in [9.17, 15) is 4.39 Å². The number of hydrogen-bond acceptors (Lipinski definition) is 1. The molecule has 0 radical (unpaired) electrons. The molecule has 0 aliphatic heterocycles. The summed E-state index contributed by atoms with van der Waals surface area (Å²) in [7, 11) is 0. The largest absolute Gasteiger partial charge is 0.207 e. The van der Waals surface area contributed by atoms with Crippen LogP contribution < -0.4 is 0 Å². The molecule has 1 aliphatic carbocycles. The number of nitriles is 1. The Labute approximate surface area is 182 Å². The van der Waals surface area contributed by atoms with Gasteiger partial charge in [0.05, 0.1) is 11.6 Å². The molecule has 2 aromatic carbocycles. The zero-order valence-electron chi connectivity index (χ0n) is 18.5. The number of rotatable bonds is 10. The molecule has 1 saturated carbocycles. The molecular formula is C28H36FN. The van der Waals surface area contributed by atoms with Crippen molar-refractivity contribution in [2.45, 2.75) is 89.9 Å². The Bertz CT molecular complexity index is 810. The van der Waals surface area contributed by atoms with Crippen LogP contribution in [0.2, 0.25) is 0 Å². The maximum absolute atomic E-state index is 14.8. The van der Waals surface area contributed by atoms with E-state index >= 15 is 0 Å². The molecule has 0 spiro atoms. The van der Waals surface area contributed by atoms with E-state index in [0.717, 1.165) is 42.7 Å². The van der Waals surface area contributed by atoms with Crippen LogP contribution in [0.5, 0.6) is 0 Å². The lowest BCUT2D eigenvalue weighted by Crippen LogP contribution is -2.14. The summed E-state index contributed by atoms with van der Waals surface area (Å²) in [6.45, 7) is 2.27. The van der Waals surface area contributed by atoms with Crippen LogP contribution in [0.25, 0.3) is 0 Å². The van der Waals surface area contributed by atoms with E-state index < -0.39 is 0 Å². The highest BCUT2D eigenvalue weighted by atomic mass is 19.1. The van der Waals surface area contributed by atoms with Crippen LogP contribution in [-0.4, -0.2) is 0 Å². The number of benzene rings is 2. The summed E-state index contributed by atoms with van der Waals surface area (Å²) < 4.78 is 14.8. The highest BCUT2D eigenvalue weighted by molar-refractivity contribution is 5.33. The van der Waals surface area contributed by atoms with Gasteiger partial charge in [-0.15, -0.1) is 0 Å². The van der Waals surface area contributed by atoms with Gasteiger partial charge in [0.25, 0.3) is 0 Å². The van der Waals surface area contributed by atoms with Crippen molar-refractivity contribution in [3.8, 4) is 6.07 Å². The Morgan fingerprint density at radius 1 is 0.867 bits per heavy atom. The maximum atomic E-state index is 14.8. The lowest BCUT2D eigenvalue weighted by atomic mass is 9.76. The quantitative estimate of drug-likeness (QED) is 0.366. The van der Waals surface area contributed by atoms with Gasteiger partial charge in [0.1, 0.15) is 5.82 Å². The summed E-state index contributed by atoms with van der Waals surface area (Å²) in [5, 5.41) is 8.89. The number of hydrogen-bond donors (Lipinski definition) is 0. The average molecular weight is 406 g/mol. The third kappa shape index (κ3) is 6.69. The van der Waals surface area contributed by atoms with Crippen LogP contribution in [0.1, 0.15) is 99.3 Å². The van der Waals surface area contributed by atoms with Crippen molar-refractivity contribution >= 4 is 0 Å². The zero-order chi connectivity index (χ0) is 21.2. The third-order valence-corrected chi connectivity index (χ3v) is 6.85. The predicted octanol–water partition coefficient (Wildman–Crippen LogP) is 8.12. The van der Waals surface area contributed by atoms with Gasteiger partial charge in [-0.3, -0.25) is 0 Å². The fourth-order valence-electron chi connectivity index (χ4n) is 4.89. The highest BCUT2D eigenvalue weighted by Crippen LogP contribution is 2.38. The standard InChI is InChI=1S/C28H36FN/c1-2-3-4-5-6-7-22-14-17-26(18-15-22)27-19-16-24(20-28(27)29)11-8-23-9-12-25(21-30)13-10-23/h9-10,12-13,16,19-20,22,26H,2-8,11,14-15,17-18H2,1H3. The van der Waals surface area contributed by atoms with Crippen LogP contribution in [-0.2, 0) is 12.8 Å². The highest BCUT2D eigenvalue weighted by Gasteiger charge is 2.24. The first kappa shape index (κ1) is 22.5. The lowest BCUT2D eigenvalue weighted by Gasteiger charge is -2.29. The fourth-order valence-corrected chi connectivity index (χ4v) is 4.89. The van der Waals surface area contributed by atoms with Gasteiger partial charge >= 0.3 is 0 Å². The van der Waals surface area contributed by atoms with Crippen molar-refractivity contribution in [2.24, 2.45) is 5.92 Å². The summed E-state index contributed by atoms with van der Waals surface area (Å²) in [5.41, 5.74) is 3.85. The minimum Gasteiger partial charge on any atom is -0.207 e. The molecule has 0 aromatic heterocycles. The Kier molecular flexibility index (Phi) is 8.94. The van der Waals surface area contributed by atoms with Crippen molar-refractivity contribution in [1.29, 1.82) is 5.26 Å². The minimum absolute atomic E-state index is 0.0182. The van der Waals surface area contributed by atoms with Crippen LogP contribution in [0, 0.1) is 23.1 Å². The number of nitrogens with zero attached hydrogens (tertiary/aromatic N) is 1. The molecule has 0 atom stereocenters. The van der Waals surface area contributed by atoms with E-state index in [2.05, 4.69) is 19.1 Å². The van der Waals surface area contributed by atoms with Gasteiger partial charge in [-0.25, -0.2) is 4.39 Å². The first-order valence-electron chi connectivity index (χ1n) is 12.0. The van der Waals surface area contributed by atoms with Crippen LogP contribution >= 0.6 is 0 Å². The number of unbranched alkanes of at least 4 members (excludes halogenated alkanes) is 4. The zero-order valence-corrected chi connectivity index (χ0v) is 18.5. The van der Waals surface area contributed by atoms with Gasteiger partial charge in [0, 0.05) is 0 Å². The molecule has 1 fully saturated rings. The van der Waals surface area contributed by atoms with E-state index in [1.165, 1.54) is 56.9 Å². The number of aryl methyl sites for hydroxylation is 2. The molecule has 1 aliphatic rings. The normalized spacial score (nSPS) is 18.8. The average Bonchev–Trinajstić information content (AvgIpc) is 2.78. The van der Waals surface area contributed by atoms with E-state index in [1.807, 2.05) is 30.3 Å². The van der Waals surface area contributed by atoms with Gasteiger partial charge in [0.15, 0.2) is 0 Å². The maximum Gasteiger partial charge on any atom is 0.126 e. The van der Waals surface area contributed by atoms with Gasteiger partial charge in [-0.05, 0) is 85.3 Å². The molecule has 0 amide bonds. The molecule has 3 rings (SSSR count). The monoisotopic (exact) mass is 405 g/mol. The second kappa shape index (κ2) is 11.9. The number of halogens is 1. The Morgan fingerprint density at radius 2 is 1.53 bits per heavy atom. The smallest absolute Gasteiger partial charge is 0.126 e. The lowest BCUT2D eigenvalue weighted by molar-refractivity contribution is 0.298. The molecule has 2 aromatic rings. The molecule has 0 bridgehead atoms. The molecular weight excluding hydrogens is 369 g/mol. The Hall–Kier alpha value is -2.14.